The molecule has 0 spiro atoms. The van der Waals surface area contributed by atoms with Crippen molar-refractivity contribution in [1.29, 1.82) is 0 Å². The van der Waals surface area contributed by atoms with Gasteiger partial charge < -0.3 is 14.5 Å². The molecular formula is C26H30N6O. The number of pyridine rings is 2. The summed E-state index contributed by atoms with van der Waals surface area (Å²) in [6, 6.07) is 17.2. The SMILES string of the molecule is COc1ccccc1CCc1ccc(-c2ccc(N3CCN(C)CC3C)nc2)c2nncn12. The van der Waals surface area contributed by atoms with Gasteiger partial charge in [0.25, 0.3) is 0 Å². The van der Waals surface area contributed by atoms with Crippen LogP contribution < -0.4 is 9.64 Å². The normalized spacial score (nSPS) is 16.9. The Bertz CT molecular complexity index is 1240. The van der Waals surface area contributed by atoms with E-state index >= 15 is 0 Å². The zero-order chi connectivity index (χ0) is 22.8. The predicted octanol–water partition coefficient (Wildman–Crippen LogP) is 3.73. The zero-order valence-corrected chi connectivity index (χ0v) is 19.5. The summed E-state index contributed by atoms with van der Waals surface area (Å²) in [6.45, 7) is 5.37. The lowest BCUT2D eigenvalue weighted by Crippen LogP contribution is -2.50. The van der Waals surface area contributed by atoms with Crippen LogP contribution in [0.25, 0.3) is 16.8 Å². The van der Waals surface area contributed by atoms with Gasteiger partial charge in [-0.15, -0.1) is 10.2 Å². The van der Waals surface area contributed by atoms with Crippen molar-refractivity contribution in [3.63, 3.8) is 0 Å². The van der Waals surface area contributed by atoms with Crippen LogP contribution in [0, 0.1) is 0 Å². The van der Waals surface area contributed by atoms with Gasteiger partial charge >= 0.3 is 0 Å². The van der Waals surface area contributed by atoms with Crippen LogP contribution in [0.2, 0.25) is 0 Å². The molecular weight excluding hydrogens is 412 g/mol. The summed E-state index contributed by atoms with van der Waals surface area (Å²) in [7, 11) is 3.89. The number of rotatable bonds is 6. The number of piperazine rings is 1. The van der Waals surface area contributed by atoms with E-state index in [4.69, 9.17) is 9.72 Å². The lowest BCUT2D eigenvalue weighted by Gasteiger charge is -2.39. The molecule has 1 unspecified atom stereocenters. The molecule has 7 nitrogen and oxygen atoms in total. The van der Waals surface area contributed by atoms with Crippen LogP contribution in [-0.2, 0) is 12.8 Å². The Morgan fingerprint density at radius 2 is 1.91 bits per heavy atom. The maximum atomic E-state index is 5.50. The third kappa shape index (κ3) is 4.28. The fourth-order valence-corrected chi connectivity index (χ4v) is 4.76. The molecule has 1 aliphatic heterocycles. The molecule has 1 saturated heterocycles. The summed E-state index contributed by atoms with van der Waals surface area (Å²) in [5.74, 6) is 1.96. The lowest BCUT2D eigenvalue weighted by atomic mass is 10.0. The predicted molar refractivity (Wildman–Crippen MR) is 131 cm³/mol. The van der Waals surface area contributed by atoms with Crippen LogP contribution in [0.3, 0.4) is 0 Å². The highest BCUT2D eigenvalue weighted by atomic mass is 16.5. The van der Waals surface area contributed by atoms with Gasteiger partial charge in [0, 0.05) is 48.7 Å². The molecule has 1 aliphatic rings. The van der Waals surface area contributed by atoms with Crippen LogP contribution >= 0.6 is 0 Å². The number of methoxy groups -OCH3 is 1. The van der Waals surface area contributed by atoms with Crippen molar-refractivity contribution in [2.24, 2.45) is 0 Å². The maximum Gasteiger partial charge on any atom is 0.168 e. The van der Waals surface area contributed by atoms with Crippen molar-refractivity contribution < 1.29 is 4.74 Å². The van der Waals surface area contributed by atoms with Gasteiger partial charge in [0.05, 0.1) is 7.11 Å². The quantitative estimate of drug-likeness (QED) is 0.454. The Hall–Kier alpha value is -3.45. The minimum absolute atomic E-state index is 0.452. The molecule has 0 bridgehead atoms. The van der Waals surface area contributed by atoms with E-state index < -0.39 is 0 Å². The summed E-state index contributed by atoms with van der Waals surface area (Å²) in [4.78, 5) is 9.55. The molecule has 170 valence electrons. The molecule has 33 heavy (non-hydrogen) atoms. The fraction of sp³-hybridized carbons (Fsp3) is 0.346. The van der Waals surface area contributed by atoms with E-state index in [1.165, 1.54) is 11.3 Å². The molecule has 4 aromatic rings. The van der Waals surface area contributed by atoms with E-state index in [0.717, 1.165) is 60.8 Å². The molecule has 5 rings (SSSR count). The molecule has 4 heterocycles. The monoisotopic (exact) mass is 442 g/mol. The van der Waals surface area contributed by atoms with Gasteiger partial charge in [-0.3, -0.25) is 4.40 Å². The summed E-state index contributed by atoms with van der Waals surface area (Å²) in [5.41, 5.74) is 5.31. The van der Waals surface area contributed by atoms with E-state index in [2.05, 4.69) is 74.8 Å². The number of aromatic nitrogens is 4. The minimum Gasteiger partial charge on any atom is -0.496 e. The third-order valence-corrected chi connectivity index (χ3v) is 6.57. The third-order valence-electron chi connectivity index (χ3n) is 6.57. The van der Waals surface area contributed by atoms with Crippen molar-refractivity contribution in [3.8, 4) is 16.9 Å². The molecule has 0 saturated carbocycles. The molecule has 0 aliphatic carbocycles. The Morgan fingerprint density at radius 1 is 1.03 bits per heavy atom. The van der Waals surface area contributed by atoms with E-state index in [-0.39, 0.29) is 0 Å². The Labute approximate surface area is 194 Å². The number of nitrogens with zero attached hydrogens (tertiary/aromatic N) is 6. The van der Waals surface area contributed by atoms with Crippen molar-refractivity contribution in [1.82, 2.24) is 24.5 Å². The van der Waals surface area contributed by atoms with Crippen LogP contribution in [0.5, 0.6) is 5.75 Å². The second-order valence-electron chi connectivity index (χ2n) is 8.78. The van der Waals surface area contributed by atoms with Crippen molar-refractivity contribution >= 4 is 11.5 Å². The van der Waals surface area contributed by atoms with Crippen LogP contribution in [0.15, 0.2) is 61.1 Å². The standard InChI is InChI=1S/C26H30N6O/c1-19-17-30(2)14-15-31(19)25-13-9-21(16-27-25)23-12-11-22(32-18-28-29-26(23)32)10-8-20-6-4-5-7-24(20)33-3/h4-7,9,11-13,16,18-19H,8,10,14-15,17H2,1-3H3. The topological polar surface area (TPSA) is 58.8 Å². The molecule has 1 aromatic carbocycles. The second-order valence-corrected chi connectivity index (χ2v) is 8.78. The maximum absolute atomic E-state index is 5.50. The zero-order valence-electron chi connectivity index (χ0n) is 19.5. The smallest absolute Gasteiger partial charge is 0.168 e. The van der Waals surface area contributed by atoms with Gasteiger partial charge in [0.1, 0.15) is 17.9 Å². The van der Waals surface area contributed by atoms with Crippen LogP contribution in [0.1, 0.15) is 18.2 Å². The van der Waals surface area contributed by atoms with Gasteiger partial charge in [0.15, 0.2) is 5.65 Å². The molecule has 0 amide bonds. The molecule has 0 radical (unpaired) electrons. The van der Waals surface area contributed by atoms with Gasteiger partial charge in [-0.2, -0.15) is 0 Å². The highest BCUT2D eigenvalue weighted by molar-refractivity contribution is 5.77. The average Bonchev–Trinajstić information content (AvgIpc) is 3.33. The second kappa shape index (κ2) is 9.19. The number of ether oxygens (including phenoxy) is 1. The van der Waals surface area contributed by atoms with Gasteiger partial charge in [-0.25, -0.2) is 4.98 Å². The summed E-state index contributed by atoms with van der Waals surface area (Å²) < 4.78 is 7.59. The summed E-state index contributed by atoms with van der Waals surface area (Å²) in [5, 5.41) is 8.62. The number of anilines is 1. The highest BCUT2D eigenvalue weighted by Crippen LogP contribution is 2.27. The molecule has 7 heteroatoms. The lowest BCUT2D eigenvalue weighted by molar-refractivity contribution is 0.274. The minimum atomic E-state index is 0.452. The first-order valence-electron chi connectivity index (χ1n) is 11.5. The summed E-state index contributed by atoms with van der Waals surface area (Å²) in [6.07, 6.45) is 5.51. The van der Waals surface area contributed by atoms with Crippen LogP contribution in [0.4, 0.5) is 5.82 Å². The number of hydrogen-bond acceptors (Lipinski definition) is 6. The van der Waals surface area contributed by atoms with Crippen molar-refractivity contribution in [3.05, 3.63) is 72.3 Å². The average molecular weight is 443 g/mol. The number of aryl methyl sites for hydroxylation is 2. The number of benzene rings is 1. The Balaban J connectivity index is 1.38. The number of fused-ring (bicyclic) bond motifs is 1. The Morgan fingerprint density at radius 3 is 2.70 bits per heavy atom. The fourth-order valence-electron chi connectivity index (χ4n) is 4.76. The first-order valence-corrected chi connectivity index (χ1v) is 11.5. The van der Waals surface area contributed by atoms with E-state index in [1.807, 2.05) is 18.3 Å². The van der Waals surface area contributed by atoms with Crippen molar-refractivity contribution in [2.75, 3.05) is 38.7 Å². The Kier molecular flexibility index (Phi) is 5.96. The highest BCUT2D eigenvalue weighted by Gasteiger charge is 2.22. The summed E-state index contributed by atoms with van der Waals surface area (Å²) >= 11 is 0. The van der Waals surface area contributed by atoms with Gasteiger partial charge in [-0.05, 0) is 62.7 Å². The molecule has 1 fully saturated rings. The first kappa shape index (κ1) is 21.4. The molecule has 1 atom stereocenters. The van der Waals surface area contributed by atoms with Crippen LogP contribution in [-0.4, -0.2) is 64.3 Å². The molecule has 0 N–H and O–H groups in total. The van der Waals surface area contributed by atoms with E-state index in [1.54, 1.807) is 13.4 Å². The largest absolute Gasteiger partial charge is 0.496 e. The van der Waals surface area contributed by atoms with Gasteiger partial charge in [-0.1, -0.05) is 18.2 Å². The number of likely N-dealkylation sites (N-methyl/N-ethyl adjacent to an activating group) is 1. The van der Waals surface area contributed by atoms with Gasteiger partial charge in [0.2, 0.25) is 0 Å². The molecule has 3 aromatic heterocycles. The number of para-hydroxylation sites is 1. The first-order chi connectivity index (χ1) is 16.1. The van der Waals surface area contributed by atoms with E-state index in [9.17, 15) is 0 Å². The van der Waals surface area contributed by atoms with Crippen molar-refractivity contribution in [2.45, 2.75) is 25.8 Å². The van der Waals surface area contributed by atoms with E-state index in [0.29, 0.717) is 6.04 Å². The number of hydrogen-bond donors (Lipinski definition) is 0.